The van der Waals surface area contributed by atoms with Crippen molar-refractivity contribution in [2.24, 2.45) is 0 Å². The fraction of sp³-hybridized carbons (Fsp3) is 0.667. The van der Waals surface area contributed by atoms with Gasteiger partial charge in [0.05, 0.1) is 0 Å². The third kappa shape index (κ3) is 2.17. The van der Waals surface area contributed by atoms with E-state index in [-0.39, 0.29) is 0 Å². The van der Waals surface area contributed by atoms with Crippen LogP contribution in [0.25, 0.3) is 0 Å². The quantitative estimate of drug-likeness (QED) is 0.714. The minimum absolute atomic E-state index is 0.748. The SMILES string of the molecule is Cc1cnc(N2CCSC(C)C2)s1. The van der Waals surface area contributed by atoms with Crippen LogP contribution < -0.4 is 4.90 Å². The van der Waals surface area contributed by atoms with E-state index in [1.54, 1.807) is 11.3 Å². The molecule has 2 rings (SSSR count). The van der Waals surface area contributed by atoms with E-state index in [0.29, 0.717) is 0 Å². The molecule has 0 radical (unpaired) electrons. The molecule has 1 aliphatic heterocycles. The van der Waals surface area contributed by atoms with E-state index in [1.807, 2.05) is 6.20 Å². The lowest BCUT2D eigenvalue weighted by Gasteiger charge is -2.30. The molecule has 0 bridgehead atoms. The van der Waals surface area contributed by atoms with Crippen molar-refractivity contribution in [3.63, 3.8) is 0 Å². The molecule has 2 heterocycles. The van der Waals surface area contributed by atoms with E-state index in [4.69, 9.17) is 0 Å². The maximum Gasteiger partial charge on any atom is 0.185 e. The fourth-order valence-corrected chi connectivity index (χ4v) is 3.29. The molecule has 0 spiro atoms. The van der Waals surface area contributed by atoms with Gasteiger partial charge >= 0.3 is 0 Å². The lowest BCUT2D eigenvalue weighted by Crippen LogP contribution is -2.36. The van der Waals surface area contributed by atoms with Gasteiger partial charge in [-0.3, -0.25) is 0 Å². The Morgan fingerprint density at radius 1 is 1.62 bits per heavy atom. The summed E-state index contributed by atoms with van der Waals surface area (Å²) < 4.78 is 0. The van der Waals surface area contributed by atoms with Gasteiger partial charge in [0.2, 0.25) is 0 Å². The molecular weight excluding hydrogens is 200 g/mol. The highest BCUT2D eigenvalue weighted by molar-refractivity contribution is 8.00. The van der Waals surface area contributed by atoms with Gasteiger partial charge in [-0.15, -0.1) is 11.3 Å². The van der Waals surface area contributed by atoms with Gasteiger partial charge in [-0.2, -0.15) is 11.8 Å². The van der Waals surface area contributed by atoms with Crippen molar-refractivity contribution in [1.82, 2.24) is 4.98 Å². The zero-order chi connectivity index (χ0) is 9.26. The highest BCUT2D eigenvalue weighted by Gasteiger charge is 2.18. The van der Waals surface area contributed by atoms with Crippen molar-refractivity contribution in [2.45, 2.75) is 19.1 Å². The summed E-state index contributed by atoms with van der Waals surface area (Å²) in [7, 11) is 0. The molecule has 13 heavy (non-hydrogen) atoms. The minimum Gasteiger partial charge on any atom is -0.346 e. The molecule has 1 fully saturated rings. The highest BCUT2D eigenvalue weighted by atomic mass is 32.2. The Morgan fingerprint density at radius 3 is 3.08 bits per heavy atom. The number of thiazole rings is 1. The van der Waals surface area contributed by atoms with E-state index in [1.165, 1.54) is 15.8 Å². The first-order valence-electron chi connectivity index (χ1n) is 4.54. The molecule has 72 valence electrons. The molecule has 4 heteroatoms. The van der Waals surface area contributed by atoms with Crippen LogP contribution in [0.1, 0.15) is 11.8 Å². The van der Waals surface area contributed by atoms with Crippen molar-refractivity contribution in [1.29, 1.82) is 0 Å². The Morgan fingerprint density at radius 2 is 2.46 bits per heavy atom. The minimum atomic E-state index is 0.748. The van der Waals surface area contributed by atoms with Crippen molar-refractivity contribution in [2.75, 3.05) is 23.7 Å². The van der Waals surface area contributed by atoms with Crippen molar-refractivity contribution in [3.8, 4) is 0 Å². The van der Waals surface area contributed by atoms with Crippen LogP contribution in [0.5, 0.6) is 0 Å². The van der Waals surface area contributed by atoms with Crippen molar-refractivity contribution >= 4 is 28.2 Å². The molecular formula is C9H14N2S2. The standard InChI is InChI=1S/C9H14N2S2/c1-7-5-10-9(13-7)11-3-4-12-8(2)6-11/h5,8H,3-4,6H2,1-2H3. The van der Waals surface area contributed by atoms with Crippen LogP contribution in [0, 0.1) is 6.92 Å². The smallest absolute Gasteiger partial charge is 0.185 e. The summed E-state index contributed by atoms with van der Waals surface area (Å²) in [6.45, 7) is 6.71. The number of nitrogens with zero attached hydrogens (tertiary/aromatic N) is 2. The molecule has 0 amide bonds. The summed E-state index contributed by atoms with van der Waals surface area (Å²) in [5, 5.41) is 1.95. The van der Waals surface area contributed by atoms with Gasteiger partial charge in [0, 0.05) is 35.2 Å². The van der Waals surface area contributed by atoms with Gasteiger partial charge in [-0.1, -0.05) is 6.92 Å². The molecule has 0 aromatic carbocycles. The normalized spacial score (nSPS) is 23.5. The Balaban J connectivity index is 2.08. The van der Waals surface area contributed by atoms with Crippen LogP contribution in [-0.2, 0) is 0 Å². The maximum absolute atomic E-state index is 4.41. The van der Waals surface area contributed by atoms with E-state index in [2.05, 4.69) is 35.5 Å². The zero-order valence-corrected chi connectivity index (χ0v) is 9.62. The maximum atomic E-state index is 4.41. The highest BCUT2D eigenvalue weighted by Crippen LogP contribution is 2.26. The lowest BCUT2D eigenvalue weighted by molar-refractivity contribution is 0.779. The van der Waals surface area contributed by atoms with Crippen LogP contribution in [0.15, 0.2) is 6.20 Å². The number of aryl methyl sites for hydroxylation is 1. The largest absolute Gasteiger partial charge is 0.346 e. The Hall–Kier alpha value is -0.220. The molecule has 1 aromatic heterocycles. The molecule has 1 aromatic rings. The third-order valence-electron chi connectivity index (χ3n) is 2.12. The lowest BCUT2D eigenvalue weighted by atomic mass is 10.4. The van der Waals surface area contributed by atoms with E-state index in [9.17, 15) is 0 Å². The van der Waals surface area contributed by atoms with Crippen molar-refractivity contribution < 1.29 is 0 Å². The number of thioether (sulfide) groups is 1. The van der Waals surface area contributed by atoms with Crippen LogP contribution in [0.4, 0.5) is 5.13 Å². The number of anilines is 1. The van der Waals surface area contributed by atoms with Crippen LogP contribution in [0.3, 0.4) is 0 Å². The van der Waals surface area contributed by atoms with Gasteiger partial charge in [-0.25, -0.2) is 4.98 Å². The third-order valence-corrected chi connectivity index (χ3v) is 4.23. The predicted molar refractivity (Wildman–Crippen MR) is 61.0 cm³/mol. The molecule has 2 nitrogen and oxygen atoms in total. The second-order valence-electron chi connectivity index (χ2n) is 3.38. The summed E-state index contributed by atoms with van der Waals surface area (Å²) in [6, 6.07) is 0. The van der Waals surface area contributed by atoms with Crippen LogP contribution >= 0.6 is 23.1 Å². The number of hydrogen-bond donors (Lipinski definition) is 0. The first-order chi connectivity index (χ1) is 6.25. The Kier molecular flexibility index (Phi) is 2.79. The number of hydrogen-bond acceptors (Lipinski definition) is 4. The predicted octanol–water partition coefficient (Wildman–Crippen LogP) is 2.39. The average molecular weight is 214 g/mol. The van der Waals surface area contributed by atoms with Crippen LogP contribution in [0.2, 0.25) is 0 Å². The Labute approximate surface area is 87.4 Å². The fourth-order valence-electron chi connectivity index (χ4n) is 1.48. The van der Waals surface area contributed by atoms with Gasteiger partial charge in [0.25, 0.3) is 0 Å². The number of aromatic nitrogens is 1. The van der Waals surface area contributed by atoms with Gasteiger partial charge in [-0.05, 0) is 6.92 Å². The van der Waals surface area contributed by atoms with Gasteiger partial charge in [0.1, 0.15) is 0 Å². The van der Waals surface area contributed by atoms with Gasteiger partial charge < -0.3 is 4.90 Å². The summed E-state index contributed by atoms with van der Waals surface area (Å²) >= 11 is 3.86. The van der Waals surface area contributed by atoms with E-state index >= 15 is 0 Å². The summed E-state index contributed by atoms with van der Waals surface area (Å²) in [6.07, 6.45) is 1.96. The summed E-state index contributed by atoms with van der Waals surface area (Å²) in [4.78, 5) is 8.12. The number of rotatable bonds is 1. The molecule has 1 unspecified atom stereocenters. The molecule has 0 N–H and O–H groups in total. The zero-order valence-electron chi connectivity index (χ0n) is 7.99. The first-order valence-corrected chi connectivity index (χ1v) is 6.41. The van der Waals surface area contributed by atoms with E-state index < -0.39 is 0 Å². The Bertz CT molecular complexity index is 285. The molecule has 0 saturated carbocycles. The van der Waals surface area contributed by atoms with Crippen LogP contribution in [-0.4, -0.2) is 29.1 Å². The summed E-state index contributed by atoms with van der Waals surface area (Å²) in [5.41, 5.74) is 0. The first kappa shape index (κ1) is 9.34. The molecule has 1 aliphatic rings. The topological polar surface area (TPSA) is 16.1 Å². The monoisotopic (exact) mass is 214 g/mol. The van der Waals surface area contributed by atoms with E-state index in [0.717, 1.165) is 18.3 Å². The molecule has 1 saturated heterocycles. The molecule has 1 atom stereocenters. The molecule has 0 aliphatic carbocycles. The average Bonchev–Trinajstić information content (AvgIpc) is 2.52. The van der Waals surface area contributed by atoms with Gasteiger partial charge in [0.15, 0.2) is 5.13 Å². The second kappa shape index (κ2) is 3.88. The van der Waals surface area contributed by atoms with Crippen molar-refractivity contribution in [3.05, 3.63) is 11.1 Å². The summed E-state index contributed by atoms with van der Waals surface area (Å²) in [5.74, 6) is 1.24. The second-order valence-corrected chi connectivity index (χ2v) is 6.14.